The number of hydrogen-bond acceptors (Lipinski definition) is 5. The Balaban J connectivity index is 0.000000451. The van der Waals surface area contributed by atoms with Crippen molar-refractivity contribution in [2.24, 2.45) is 0 Å². The van der Waals surface area contributed by atoms with Crippen LogP contribution in [0.3, 0.4) is 0 Å². The molecule has 0 radical (unpaired) electrons. The van der Waals surface area contributed by atoms with Gasteiger partial charge in [0.25, 0.3) is 5.91 Å². The fourth-order valence-electron chi connectivity index (χ4n) is 3.36. The van der Waals surface area contributed by atoms with Crippen LogP contribution in [0.15, 0.2) is 36.5 Å². The molecule has 11 heteroatoms. The molecule has 1 aromatic heterocycles. The molecular weight excluding hydrogens is 427 g/mol. The molecule has 32 heavy (non-hydrogen) atoms. The molecule has 1 atom stereocenters. The number of likely N-dealkylation sites (N-methyl/N-ethyl adjacent to an activating group) is 1. The van der Waals surface area contributed by atoms with Gasteiger partial charge in [-0.05, 0) is 37.4 Å². The molecule has 0 fully saturated rings. The molecule has 8 nitrogen and oxygen atoms in total. The molecule has 0 saturated heterocycles. The highest BCUT2D eigenvalue weighted by Gasteiger charge is 2.38. The lowest BCUT2D eigenvalue weighted by Crippen LogP contribution is -2.45. The summed E-state index contributed by atoms with van der Waals surface area (Å²) in [6, 6.07) is 11.1. The van der Waals surface area contributed by atoms with Crippen molar-refractivity contribution in [3.8, 4) is 6.07 Å². The highest BCUT2D eigenvalue weighted by Crippen LogP contribution is 2.23. The molecule has 1 amide bonds. The quantitative estimate of drug-likeness (QED) is 0.750. The van der Waals surface area contributed by atoms with Gasteiger partial charge in [-0.25, -0.2) is 4.79 Å². The Labute approximate surface area is 183 Å². The monoisotopic (exact) mass is 451 g/mol. The van der Waals surface area contributed by atoms with Crippen molar-refractivity contribution in [3.05, 3.63) is 53.3 Å². The summed E-state index contributed by atoms with van der Waals surface area (Å²) >= 11 is 0. The second-order valence-corrected chi connectivity index (χ2v) is 7.09. The van der Waals surface area contributed by atoms with E-state index in [0.29, 0.717) is 24.2 Å². The van der Waals surface area contributed by atoms with E-state index in [2.05, 4.69) is 29.9 Å². The molecule has 0 saturated carbocycles. The van der Waals surface area contributed by atoms with E-state index >= 15 is 0 Å². The molecule has 1 aromatic carbocycles. The van der Waals surface area contributed by atoms with Crippen LogP contribution in [0.4, 0.5) is 13.2 Å². The number of nitriles is 1. The molecule has 1 aliphatic rings. The first-order valence-corrected chi connectivity index (χ1v) is 9.94. The number of carboxylic acid groups (broad SMARTS) is 1. The molecule has 0 bridgehead atoms. The van der Waals surface area contributed by atoms with E-state index < -0.39 is 12.1 Å². The van der Waals surface area contributed by atoms with Gasteiger partial charge in [0.05, 0.1) is 29.9 Å². The molecule has 2 heterocycles. The predicted molar refractivity (Wildman–Crippen MR) is 109 cm³/mol. The van der Waals surface area contributed by atoms with Gasteiger partial charge in [0, 0.05) is 24.8 Å². The van der Waals surface area contributed by atoms with Crippen LogP contribution in [0.2, 0.25) is 0 Å². The van der Waals surface area contributed by atoms with Gasteiger partial charge in [0.15, 0.2) is 0 Å². The molecule has 0 aliphatic carbocycles. The number of amides is 1. The van der Waals surface area contributed by atoms with E-state index in [4.69, 9.17) is 15.2 Å². The third-order valence-electron chi connectivity index (χ3n) is 5.01. The largest absolute Gasteiger partial charge is 0.490 e. The molecule has 1 N–H and O–H groups in total. The highest BCUT2D eigenvalue weighted by molar-refractivity contribution is 5.94. The van der Waals surface area contributed by atoms with Gasteiger partial charge in [0.1, 0.15) is 0 Å². The Morgan fingerprint density at radius 1 is 1.28 bits per heavy atom. The summed E-state index contributed by atoms with van der Waals surface area (Å²) in [6.45, 7) is 8.28. The Hall–Kier alpha value is -3.39. The number of carbonyl (C=O) groups excluding carboxylic acids is 1. The van der Waals surface area contributed by atoms with Gasteiger partial charge in [-0.15, -0.1) is 0 Å². The molecule has 3 rings (SSSR count). The summed E-state index contributed by atoms with van der Waals surface area (Å²) < 4.78 is 33.8. The van der Waals surface area contributed by atoms with E-state index in [9.17, 15) is 18.0 Å². The number of carbonyl (C=O) groups is 2. The Morgan fingerprint density at radius 2 is 1.94 bits per heavy atom. The van der Waals surface area contributed by atoms with Crippen LogP contribution in [-0.2, 0) is 11.3 Å². The van der Waals surface area contributed by atoms with Crippen molar-refractivity contribution in [1.29, 1.82) is 5.26 Å². The van der Waals surface area contributed by atoms with Crippen molar-refractivity contribution >= 4 is 11.9 Å². The Kier molecular flexibility index (Phi) is 8.37. The second-order valence-electron chi connectivity index (χ2n) is 7.09. The lowest BCUT2D eigenvalue weighted by atomic mass is 10.1. The van der Waals surface area contributed by atoms with Gasteiger partial charge < -0.3 is 14.9 Å². The highest BCUT2D eigenvalue weighted by atomic mass is 19.4. The second kappa shape index (κ2) is 10.8. The number of nitrogens with zero attached hydrogens (tertiary/aromatic N) is 5. The minimum atomic E-state index is -5.08. The van der Waals surface area contributed by atoms with Crippen LogP contribution in [0.25, 0.3) is 0 Å². The summed E-state index contributed by atoms with van der Waals surface area (Å²) in [5.41, 5.74) is 2.12. The van der Waals surface area contributed by atoms with Crippen LogP contribution in [0.1, 0.15) is 41.5 Å². The number of aliphatic carboxylic acids is 1. The third kappa shape index (κ3) is 6.31. The zero-order valence-corrected chi connectivity index (χ0v) is 17.7. The average molecular weight is 451 g/mol. The average Bonchev–Trinajstić information content (AvgIpc) is 3.25. The summed E-state index contributed by atoms with van der Waals surface area (Å²) in [6.07, 6.45) is -3.28. The number of rotatable bonds is 5. The number of halogens is 3. The zero-order chi connectivity index (χ0) is 23.9. The topological polar surface area (TPSA) is 102 Å². The Bertz CT molecular complexity index is 980. The normalized spacial score (nSPS) is 15.4. The van der Waals surface area contributed by atoms with Crippen molar-refractivity contribution in [3.63, 3.8) is 0 Å². The van der Waals surface area contributed by atoms with E-state index in [-0.39, 0.29) is 11.9 Å². The molecular formula is C21H24F3N5O3. The molecule has 1 unspecified atom stereocenters. The van der Waals surface area contributed by atoms with Crippen molar-refractivity contribution < 1.29 is 27.9 Å². The SMILES string of the molecule is CCN(CC)CC1CN(C(=O)c2cccc(C#N)c2)Cc2ccnn21.O=C(O)C(F)(F)F. The molecule has 1 aliphatic heterocycles. The number of alkyl halides is 3. The van der Waals surface area contributed by atoms with Gasteiger partial charge in [-0.1, -0.05) is 19.9 Å². The lowest BCUT2D eigenvalue weighted by Gasteiger charge is -2.36. The first-order chi connectivity index (χ1) is 15.1. The van der Waals surface area contributed by atoms with Crippen LogP contribution < -0.4 is 0 Å². The van der Waals surface area contributed by atoms with Gasteiger partial charge >= 0.3 is 12.1 Å². The fraction of sp³-hybridized carbons (Fsp3) is 0.429. The zero-order valence-electron chi connectivity index (χ0n) is 17.7. The number of aromatic nitrogens is 2. The van der Waals surface area contributed by atoms with Gasteiger partial charge in [-0.3, -0.25) is 9.48 Å². The van der Waals surface area contributed by atoms with Gasteiger partial charge in [-0.2, -0.15) is 23.5 Å². The first-order valence-electron chi connectivity index (χ1n) is 9.94. The Morgan fingerprint density at radius 3 is 2.50 bits per heavy atom. The summed E-state index contributed by atoms with van der Waals surface area (Å²) in [7, 11) is 0. The van der Waals surface area contributed by atoms with E-state index in [1.807, 2.05) is 15.6 Å². The molecule has 0 spiro atoms. The van der Waals surface area contributed by atoms with Crippen LogP contribution >= 0.6 is 0 Å². The molecule has 172 valence electrons. The number of benzene rings is 1. The van der Waals surface area contributed by atoms with Crippen molar-refractivity contribution in [2.45, 2.75) is 32.6 Å². The summed E-state index contributed by atoms with van der Waals surface area (Å²) in [4.78, 5) is 26.0. The first kappa shape index (κ1) is 24.9. The van der Waals surface area contributed by atoms with Crippen LogP contribution in [0, 0.1) is 11.3 Å². The van der Waals surface area contributed by atoms with Crippen molar-refractivity contribution in [2.75, 3.05) is 26.2 Å². The summed E-state index contributed by atoms with van der Waals surface area (Å²) in [5, 5.41) is 20.6. The minimum Gasteiger partial charge on any atom is -0.475 e. The minimum absolute atomic E-state index is 0.0332. The number of carboxylic acids is 1. The third-order valence-corrected chi connectivity index (χ3v) is 5.01. The smallest absolute Gasteiger partial charge is 0.475 e. The van der Waals surface area contributed by atoms with Crippen LogP contribution in [-0.4, -0.2) is 68.9 Å². The van der Waals surface area contributed by atoms with E-state index in [0.717, 1.165) is 25.3 Å². The van der Waals surface area contributed by atoms with E-state index in [1.54, 1.807) is 30.5 Å². The number of hydrogen-bond donors (Lipinski definition) is 1. The standard InChI is InChI=1S/C19H23N5O.C2HF3O2/c1-3-22(4-2)12-18-14-23(13-17-8-9-21-24(17)18)19(25)16-7-5-6-15(10-16)11-20;3-2(4,5)1(6)7/h5-10,18H,3-4,12-14H2,1-2H3;(H,6,7). The van der Waals surface area contributed by atoms with Crippen LogP contribution in [0.5, 0.6) is 0 Å². The lowest BCUT2D eigenvalue weighted by molar-refractivity contribution is -0.192. The fourth-order valence-corrected chi connectivity index (χ4v) is 3.36. The maximum atomic E-state index is 12.9. The molecule has 2 aromatic rings. The van der Waals surface area contributed by atoms with Gasteiger partial charge in [0.2, 0.25) is 0 Å². The van der Waals surface area contributed by atoms with E-state index in [1.165, 1.54) is 0 Å². The maximum Gasteiger partial charge on any atom is 0.490 e. The number of fused-ring (bicyclic) bond motifs is 1. The summed E-state index contributed by atoms with van der Waals surface area (Å²) in [5.74, 6) is -2.79. The predicted octanol–water partition coefficient (Wildman–Crippen LogP) is 2.93. The maximum absolute atomic E-state index is 12.9. The van der Waals surface area contributed by atoms with Crippen molar-refractivity contribution in [1.82, 2.24) is 19.6 Å².